The van der Waals surface area contributed by atoms with Crippen LogP contribution in [0.4, 0.5) is 0 Å². The van der Waals surface area contributed by atoms with E-state index in [2.05, 4.69) is 45.0 Å². The zero-order valence-electron chi connectivity index (χ0n) is 13.1. The summed E-state index contributed by atoms with van der Waals surface area (Å²) < 4.78 is 0. The van der Waals surface area contributed by atoms with Crippen molar-refractivity contribution in [3.05, 3.63) is 0 Å². The Morgan fingerprint density at radius 2 is 1.89 bits per heavy atom. The van der Waals surface area contributed by atoms with Crippen LogP contribution < -0.4 is 5.32 Å². The first kappa shape index (κ1) is 17.9. The summed E-state index contributed by atoms with van der Waals surface area (Å²) in [6.45, 7) is 12.3. The van der Waals surface area contributed by atoms with Gasteiger partial charge in [-0.1, -0.05) is 27.7 Å². The number of hydrogen-bond donors (Lipinski definition) is 2. The second-order valence-electron chi connectivity index (χ2n) is 5.91. The minimum Gasteiger partial charge on any atom is -0.394 e. The normalized spacial score (nSPS) is 15.3. The Hall–Kier alpha value is -0.120. The third-order valence-electron chi connectivity index (χ3n) is 3.81. The van der Waals surface area contributed by atoms with E-state index in [-0.39, 0.29) is 12.1 Å². The fourth-order valence-corrected chi connectivity index (χ4v) is 2.29. The lowest BCUT2D eigenvalue weighted by atomic mass is 9.91. The van der Waals surface area contributed by atoms with E-state index in [1.165, 1.54) is 13.0 Å². The lowest BCUT2D eigenvalue weighted by molar-refractivity contribution is 0.141. The smallest absolute Gasteiger partial charge is 0.0613 e. The molecule has 0 aliphatic rings. The molecule has 0 spiro atoms. The lowest BCUT2D eigenvalue weighted by Crippen LogP contribution is -2.48. The van der Waals surface area contributed by atoms with Gasteiger partial charge in [0.2, 0.25) is 0 Å². The Labute approximate surface area is 114 Å². The molecule has 0 aromatic heterocycles. The van der Waals surface area contributed by atoms with E-state index in [0.717, 1.165) is 38.3 Å². The quantitative estimate of drug-likeness (QED) is 0.598. The molecule has 0 rings (SSSR count). The minimum absolute atomic E-state index is 0.0619. The van der Waals surface area contributed by atoms with Gasteiger partial charge in [0.05, 0.1) is 6.61 Å². The molecule has 110 valence electrons. The van der Waals surface area contributed by atoms with Gasteiger partial charge < -0.3 is 15.3 Å². The molecule has 2 N–H and O–H groups in total. The van der Waals surface area contributed by atoms with E-state index < -0.39 is 0 Å². The van der Waals surface area contributed by atoms with Gasteiger partial charge >= 0.3 is 0 Å². The summed E-state index contributed by atoms with van der Waals surface area (Å²) in [4.78, 5) is 2.41. The minimum atomic E-state index is -0.0619. The van der Waals surface area contributed by atoms with Crippen LogP contribution in [0.1, 0.15) is 53.4 Å². The topological polar surface area (TPSA) is 35.5 Å². The predicted octanol–water partition coefficient (Wildman–Crippen LogP) is 2.50. The highest BCUT2D eigenvalue weighted by Crippen LogP contribution is 2.17. The largest absolute Gasteiger partial charge is 0.394 e. The van der Waals surface area contributed by atoms with Crippen LogP contribution in [0.15, 0.2) is 0 Å². The van der Waals surface area contributed by atoms with E-state index in [0.29, 0.717) is 0 Å². The van der Waals surface area contributed by atoms with Gasteiger partial charge in [-0.3, -0.25) is 0 Å². The highest BCUT2D eigenvalue weighted by molar-refractivity contribution is 4.85. The Bertz CT molecular complexity index is 191. The molecule has 3 nitrogen and oxygen atoms in total. The van der Waals surface area contributed by atoms with Gasteiger partial charge in [-0.2, -0.15) is 0 Å². The number of nitrogens with one attached hydrogen (secondary N) is 1. The Morgan fingerprint density at radius 1 is 1.22 bits per heavy atom. The van der Waals surface area contributed by atoms with Crippen molar-refractivity contribution in [2.45, 2.75) is 58.9 Å². The molecule has 0 aromatic rings. The average molecular weight is 258 g/mol. The number of nitrogens with zero attached hydrogens (tertiary/aromatic N) is 1. The molecule has 0 bridgehead atoms. The molecule has 1 atom stereocenters. The Balaban J connectivity index is 3.91. The third kappa shape index (κ3) is 7.34. The molecular weight excluding hydrogens is 224 g/mol. The molecule has 0 aromatic carbocycles. The standard InChI is InChI=1S/C15H34N2O/c1-6-15(13-18,16-7-2)10-8-11-17(5)12-9-14(3)4/h14,16,18H,6-13H2,1-5H3. The zero-order valence-corrected chi connectivity index (χ0v) is 13.1. The monoisotopic (exact) mass is 258 g/mol. The molecule has 18 heavy (non-hydrogen) atoms. The first-order chi connectivity index (χ1) is 8.49. The number of aliphatic hydroxyl groups excluding tert-OH is 1. The SMILES string of the molecule is CCNC(CC)(CO)CCCN(C)CCC(C)C. The highest BCUT2D eigenvalue weighted by atomic mass is 16.3. The zero-order chi connectivity index (χ0) is 14.0. The van der Waals surface area contributed by atoms with E-state index in [1.807, 2.05) is 0 Å². The highest BCUT2D eigenvalue weighted by Gasteiger charge is 2.25. The van der Waals surface area contributed by atoms with Crippen molar-refractivity contribution >= 4 is 0 Å². The molecule has 0 aliphatic carbocycles. The van der Waals surface area contributed by atoms with Crippen LogP contribution in [0.3, 0.4) is 0 Å². The summed E-state index contributed by atoms with van der Waals surface area (Å²) in [5, 5.41) is 13.0. The van der Waals surface area contributed by atoms with Crippen molar-refractivity contribution in [2.24, 2.45) is 5.92 Å². The van der Waals surface area contributed by atoms with Crippen molar-refractivity contribution in [1.29, 1.82) is 0 Å². The Morgan fingerprint density at radius 3 is 2.33 bits per heavy atom. The van der Waals surface area contributed by atoms with Crippen molar-refractivity contribution in [3.8, 4) is 0 Å². The molecule has 0 amide bonds. The van der Waals surface area contributed by atoms with Gasteiger partial charge in [-0.15, -0.1) is 0 Å². The van der Waals surface area contributed by atoms with Crippen LogP contribution in [0.5, 0.6) is 0 Å². The summed E-state index contributed by atoms with van der Waals surface area (Å²) >= 11 is 0. The fraction of sp³-hybridized carbons (Fsp3) is 1.00. The van der Waals surface area contributed by atoms with E-state index in [1.54, 1.807) is 0 Å². The maximum Gasteiger partial charge on any atom is 0.0613 e. The van der Waals surface area contributed by atoms with Crippen LogP contribution in [-0.4, -0.2) is 48.8 Å². The van der Waals surface area contributed by atoms with E-state index in [9.17, 15) is 5.11 Å². The summed E-state index contributed by atoms with van der Waals surface area (Å²) in [5.74, 6) is 0.779. The molecule has 0 radical (unpaired) electrons. The number of hydrogen-bond acceptors (Lipinski definition) is 3. The average Bonchev–Trinajstić information content (AvgIpc) is 2.35. The second-order valence-corrected chi connectivity index (χ2v) is 5.91. The lowest BCUT2D eigenvalue weighted by Gasteiger charge is -2.32. The predicted molar refractivity (Wildman–Crippen MR) is 80.0 cm³/mol. The molecular formula is C15H34N2O. The van der Waals surface area contributed by atoms with Crippen LogP contribution in [0.25, 0.3) is 0 Å². The molecule has 0 aliphatic heterocycles. The first-order valence-electron chi connectivity index (χ1n) is 7.54. The van der Waals surface area contributed by atoms with Crippen LogP contribution in [-0.2, 0) is 0 Å². The van der Waals surface area contributed by atoms with Crippen LogP contribution >= 0.6 is 0 Å². The molecule has 3 heteroatoms. The number of rotatable bonds is 11. The summed E-state index contributed by atoms with van der Waals surface area (Å²) in [6, 6.07) is 0. The van der Waals surface area contributed by atoms with Crippen LogP contribution in [0, 0.1) is 5.92 Å². The van der Waals surface area contributed by atoms with Gasteiger partial charge in [0.1, 0.15) is 0 Å². The summed E-state index contributed by atoms with van der Waals surface area (Å²) in [6.07, 6.45) is 4.46. The van der Waals surface area contributed by atoms with E-state index in [4.69, 9.17) is 0 Å². The maximum atomic E-state index is 9.57. The molecule has 0 fully saturated rings. The second kappa shape index (κ2) is 9.76. The number of likely N-dealkylation sites (N-methyl/N-ethyl adjacent to an activating group) is 1. The fourth-order valence-electron chi connectivity index (χ4n) is 2.29. The van der Waals surface area contributed by atoms with Crippen LogP contribution in [0.2, 0.25) is 0 Å². The molecule has 0 heterocycles. The van der Waals surface area contributed by atoms with Gasteiger partial charge in [0, 0.05) is 5.54 Å². The van der Waals surface area contributed by atoms with Gasteiger partial charge in [0.15, 0.2) is 0 Å². The van der Waals surface area contributed by atoms with Crippen molar-refractivity contribution < 1.29 is 5.11 Å². The van der Waals surface area contributed by atoms with Crippen molar-refractivity contribution in [1.82, 2.24) is 10.2 Å². The van der Waals surface area contributed by atoms with Crippen molar-refractivity contribution in [2.75, 3.05) is 33.3 Å². The van der Waals surface area contributed by atoms with Gasteiger partial charge in [-0.05, 0) is 58.3 Å². The third-order valence-corrected chi connectivity index (χ3v) is 3.81. The Kier molecular flexibility index (Phi) is 9.70. The number of aliphatic hydroxyl groups is 1. The molecule has 0 saturated heterocycles. The first-order valence-corrected chi connectivity index (χ1v) is 7.54. The maximum absolute atomic E-state index is 9.57. The van der Waals surface area contributed by atoms with E-state index >= 15 is 0 Å². The van der Waals surface area contributed by atoms with Gasteiger partial charge in [0.25, 0.3) is 0 Å². The van der Waals surface area contributed by atoms with Crippen molar-refractivity contribution in [3.63, 3.8) is 0 Å². The molecule has 0 saturated carbocycles. The molecule has 1 unspecified atom stereocenters. The van der Waals surface area contributed by atoms with Gasteiger partial charge in [-0.25, -0.2) is 0 Å². The summed E-state index contributed by atoms with van der Waals surface area (Å²) in [7, 11) is 2.20. The summed E-state index contributed by atoms with van der Waals surface area (Å²) in [5.41, 5.74) is -0.0619.